The van der Waals surface area contributed by atoms with Gasteiger partial charge in [-0.25, -0.2) is 0 Å². The molecule has 0 N–H and O–H groups in total. The molecule has 7 aromatic rings. The van der Waals surface area contributed by atoms with Crippen molar-refractivity contribution in [3.8, 4) is 22.6 Å². The fraction of sp³-hybridized carbons (Fsp3) is 0. The Bertz CT molecular complexity index is 2140. The van der Waals surface area contributed by atoms with Crippen LogP contribution in [0, 0.1) is 0 Å². The quantitative estimate of drug-likeness (QED) is 0.213. The van der Waals surface area contributed by atoms with Crippen molar-refractivity contribution in [2.45, 2.75) is 0 Å². The van der Waals surface area contributed by atoms with E-state index in [4.69, 9.17) is 4.74 Å². The Balaban J connectivity index is 1.41. The predicted molar refractivity (Wildman–Crippen MR) is 173 cm³/mol. The van der Waals surface area contributed by atoms with Crippen molar-refractivity contribution >= 4 is 61.7 Å². The summed E-state index contributed by atoms with van der Waals surface area (Å²) in [5.74, 6) is 1.86. The fourth-order valence-corrected chi connectivity index (χ4v) is 6.77. The Morgan fingerprint density at radius 1 is 0.439 bits per heavy atom. The van der Waals surface area contributed by atoms with E-state index in [0.29, 0.717) is 0 Å². The summed E-state index contributed by atoms with van der Waals surface area (Å²) in [6.45, 7) is 0.0535. The van der Waals surface area contributed by atoms with Crippen LogP contribution in [0.1, 0.15) is 0 Å². The summed E-state index contributed by atoms with van der Waals surface area (Å²) in [5.41, 5.74) is 9.57. The van der Waals surface area contributed by atoms with E-state index in [1.54, 1.807) is 0 Å². The summed E-state index contributed by atoms with van der Waals surface area (Å²) in [6, 6.07) is 52.5. The third kappa shape index (κ3) is 3.39. The van der Waals surface area contributed by atoms with Gasteiger partial charge in [-0.1, -0.05) is 109 Å². The van der Waals surface area contributed by atoms with Gasteiger partial charge in [-0.05, 0) is 85.5 Å². The van der Waals surface area contributed by atoms with E-state index >= 15 is 0 Å². The third-order valence-electron chi connectivity index (χ3n) is 8.63. The average Bonchev–Trinajstić information content (AvgIpc) is 3.03. The van der Waals surface area contributed by atoms with Gasteiger partial charge in [0.25, 0.3) is 6.71 Å². The molecule has 0 radical (unpaired) electrons. The Kier molecular flexibility index (Phi) is 4.73. The number of fused-ring (bicyclic) bond motifs is 6. The fourth-order valence-electron chi connectivity index (χ4n) is 6.77. The first-order valence-electron chi connectivity index (χ1n) is 14.1. The van der Waals surface area contributed by atoms with Gasteiger partial charge in [-0.2, -0.15) is 0 Å². The molecule has 2 nitrogen and oxygen atoms in total. The van der Waals surface area contributed by atoms with E-state index in [-0.39, 0.29) is 6.71 Å². The molecule has 7 aromatic carbocycles. The molecule has 0 saturated heterocycles. The SMILES string of the molecule is c1ccc(-c2cc3c4c(c2)N(c2ccccc2)c2cc5ccccc5cc2B4c2cc4ccccc4cc2O3)cc1. The van der Waals surface area contributed by atoms with Gasteiger partial charge in [0.1, 0.15) is 11.5 Å². The van der Waals surface area contributed by atoms with Crippen molar-refractivity contribution in [2.75, 3.05) is 4.90 Å². The van der Waals surface area contributed by atoms with Gasteiger partial charge in [-0.3, -0.25) is 0 Å². The van der Waals surface area contributed by atoms with Crippen LogP contribution < -0.4 is 26.0 Å². The molecular weight excluding hydrogens is 497 g/mol. The zero-order valence-corrected chi connectivity index (χ0v) is 22.3. The first-order valence-corrected chi connectivity index (χ1v) is 14.1. The third-order valence-corrected chi connectivity index (χ3v) is 8.63. The van der Waals surface area contributed by atoms with Crippen LogP contribution >= 0.6 is 0 Å². The Hall–Kier alpha value is -5.28. The largest absolute Gasteiger partial charge is 0.458 e. The lowest BCUT2D eigenvalue weighted by Crippen LogP contribution is -2.59. The lowest BCUT2D eigenvalue weighted by molar-refractivity contribution is 0.488. The Morgan fingerprint density at radius 3 is 1.73 bits per heavy atom. The van der Waals surface area contributed by atoms with Crippen LogP contribution in [-0.2, 0) is 0 Å². The van der Waals surface area contributed by atoms with Crippen LogP contribution in [0.5, 0.6) is 11.5 Å². The molecule has 0 fully saturated rings. The molecule has 9 rings (SSSR count). The van der Waals surface area contributed by atoms with Crippen molar-refractivity contribution in [2.24, 2.45) is 0 Å². The van der Waals surface area contributed by atoms with Crippen LogP contribution in [0.2, 0.25) is 0 Å². The maximum atomic E-state index is 6.85. The topological polar surface area (TPSA) is 12.5 Å². The molecule has 2 aliphatic heterocycles. The number of anilines is 3. The second-order valence-corrected chi connectivity index (χ2v) is 11.0. The van der Waals surface area contributed by atoms with Crippen LogP contribution in [-0.4, -0.2) is 6.71 Å². The molecule has 0 bridgehead atoms. The normalized spacial score (nSPS) is 13.0. The molecule has 0 spiro atoms. The van der Waals surface area contributed by atoms with Gasteiger partial charge >= 0.3 is 0 Å². The first-order chi connectivity index (χ1) is 20.3. The Morgan fingerprint density at radius 2 is 1.02 bits per heavy atom. The van der Waals surface area contributed by atoms with Gasteiger partial charge in [0.05, 0.1) is 0 Å². The molecule has 0 aliphatic carbocycles. The summed E-state index contributed by atoms with van der Waals surface area (Å²) >= 11 is 0. The average molecular weight is 521 g/mol. The lowest BCUT2D eigenvalue weighted by atomic mass is 9.34. The monoisotopic (exact) mass is 521 g/mol. The standard InChI is InChI=1S/C38H24BNO/c1-3-11-25(12-4-1)30-22-35-38-37(24-30)41-36-23-29-16-10-8-14-27(29)20-33(36)39(38)32-19-26-13-7-9-15-28(26)21-34(32)40(35)31-17-5-2-6-18-31/h1-24H. The van der Waals surface area contributed by atoms with E-state index < -0.39 is 0 Å². The molecule has 0 amide bonds. The zero-order valence-electron chi connectivity index (χ0n) is 22.3. The minimum absolute atomic E-state index is 0.0535. The zero-order chi connectivity index (χ0) is 26.9. The van der Waals surface area contributed by atoms with E-state index in [9.17, 15) is 0 Å². The molecule has 2 aliphatic rings. The van der Waals surface area contributed by atoms with Gasteiger partial charge < -0.3 is 9.64 Å². The van der Waals surface area contributed by atoms with E-state index in [0.717, 1.165) is 22.7 Å². The second-order valence-electron chi connectivity index (χ2n) is 11.0. The molecule has 3 heteroatoms. The number of nitrogens with zero attached hydrogens (tertiary/aromatic N) is 1. The van der Waals surface area contributed by atoms with Crippen LogP contribution in [0.3, 0.4) is 0 Å². The minimum Gasteiger partial charge on any atom is -0.458 e. The number of benzene rings is 7. The van der Waals surface area contributed by atoms with Gasteiger partial charge in [-0.15, -0.1) is 0 Å². The summed E-state index contributed by atoms with van der Waals surface area (Å²) < 4.78 is 6.85. The maximum Gasteiger partial charge on any atom is 0.256 e. The summed E-state index contributed by atoms with van der Waals surface area (Å²) in [6.07, 6.45) is 0. The van der Waals surface area contributed by atoms with E-state index in [1.807, 2.05) is 0 Å². The highest BCUT2D eigenvalue weighted by Crippen LogP contribution is 2.44. The molecule has 0 unspecified atom stereocenters. The van der Waals surface area contributed by atoms with Crippen molar-refractivity contribution in [3.63, 3.8) is 0 Å². The highest BCUT2D eigenvalue weighted by atomic mass is 16.5. The van der Waals surface area contributed by atoms with Gasteiger partial charge in [0.15, 0.2) is 0 Å². The summed E-state index contributed by atoms with van der Waals surface area (Å²) in [5, 5.41) is 4.91. The first kappa shape index (κ1) is 22.5. The summed E-state index contributed by atoms with van der Waals surface area (Å²) in [7, 11) is 0. The van der Waals surface area contributed by atoms with E-state index in [1.165, 1.54) is 54.9 Å². The van der Waals surface area contributed by atoms with Gasteiger partial charge in [0.2, 0.25) is 0 Å². The van der Waals surface area contributed by atoms with Crippen LogP contribution in [0.4, 0.5) is 17.1 Å². The molecule has 2 heterocycles. The highest BCUT2D eigenvalue weighted by Gasteiger charge is 2.42. The van der Waals surface area contributed by atoms with Gasteiger partial charge in [0, 0.05) is 17.1 Å². The Labute approximate surface area is 239 Å². The number of para-hydroxylation sites is 1. The molecule has 190 valence electrons. The number of hydrogen-bond donors (Lipinski definition) is 0. The lowest BCUT2D eigenvalue weighted by Gasteiger charge is -2.40. The summed E-state index contributed by atoms with van der Waals surface area (Å²) in [4.78, 5) is 2.43. The molecule has 0 atom stereocenters. The van der Waals surface area contributed by atoms with Crippen LogP contribution in [0.25, 0.3) is 32.7 Å². The highest BCUT2D eigenvalue weighted by molar-refractivity contribution is 6.99. The number of hydrogen-bond acceptors (Lipinski definition) is 2. The van der Waals surface area contributed by atoms with E-state index in [2.05, 4.69) is 150 Å². The van der Waals surface area contributed by atoms with Crippen molar-refractivity contribution in [1.82, 2.24) is 0 Å². The molecular formula is C38H24BNO. The predicted octanol–water partition coefficient (Wildman–Crippen LogP) is 8.07. The number of ether oxygens (including phenoxy) is 1. The number of rotatable bonds is 2. The second kappa shape index (κ2) is 8.61. The minimum atomic E-state index is 0.0535. The van der Waals surface area contributed by atoms with Crippen molar-refractivity contribution in [3.05, 3.63) is 146 Å². The van der Waals surface area contributed by atoms with Crippen LogP contribution in [0.15, 0.2) is 146 Å². The van der Waals surface area contributed by atoms with Crippen molar-refractivity contribution in [1.29, 1.82) is 0 Å². The molecule has 41 heavy (non-hydrogen) atoms. The molecule has 0 saturated carbocycles. The smallest absolute Gasteiger partial charge is 0.256 e. The molecule has 0 aromatic heterocycles. The van der Waals surface area contributed by atoms with Crippen molar-refractivity contribution < 1.29 is 4.74 Å². The maximum absolute atomic E-state index is 6.85.